The maximum Gasteiger partial charge on any atom is 0.433 e. The number of nitrogens with zero attached hydrogens (tertiary/aromatic N) is 5. The number of hydrogen-bond donors (Lipinski definition) is 1. The van der Waals surface area contributed by atoms with Crippen molar-refractivity contribution in [3.63, 3.8) is 0 Å². The summed E-state index contributed by atoms with van der Waals surface area (Å²) >= 11 is 1.45. The molecule has 0 radical (unpaired) electrons. The highest BCUT2D eigenvalue weighted by molar-refractivity contribution is 7.10. The zero-order chi connectivity index (χ0) is 26.2. The predicted octanol–water partition coefficient (Wildman–Crippen LogP) is 5.56. The molecule has 4 heterocycles. The van der Waals surface area contributed by atoms with Crippen LogP contribution in [0.2, 0.25) is 0 Å². The van der Waals surface area contributed by atoms with Gasteiger partial charge in [0.2, 0.25) is 5.95 Å². The first-order valence-electron chi connectivity index (χ1n) is 12.0. The number of aromatic nitrogens is 4. The third-order valence-corrected chi connectivity index (χ3v) is 8.70. The van der Waals surface area contributed by atoms with Crippen LogP contribution in [0.1, 0.15) is 37.1 Å². The molecule has 3 aromatic heterocycles. The fraction of sp³-hybridized carbons (Fsp3) is 0.609. The lowest BCUT2D eigenvalue weighted by molar-refractivity contribution is -0.194. The molecule has 1 N–H and O–H groups in total. The second-order valence-corrected chi connectivity index (χ2v) is 11.1. The van der Waals surface area contributed by atoms with Crippen LogP contribution in [0, 0.1) is 24.2 Å². The van der Waals surface area contributed by atoms with E-state index in [4.69, 9.17) is 4.74 Å². The van der Waals surface area contributed by atoms with Crippen LogP contribution in [0.5, 0.6) is 5.75 Å². The molecule has 7 nitrogen and oxygen atoms in total. The first-order chi connectivity index (χ1) is 17.4. The van der Waals surface area contributed by atoms with Crippen LogP contribution >= 0.6 is 11.5 Å². The van der Waals surface area contributed by atoms with Gasteiger partial charge in [0, 0.05) is 19.1 Å². The summed E-state index contributed by atoms with van der Waals surface area (Å²) in [6.45, 7) is 2.83. The first kappa shape index (κ1) is 24.6. The third-order valence-electron chi connectivity index (χ3n) is 7.75. The number of piperidine rings is 1. The summed E-state index contributed by atoms with van der Waals surface area (Å²) in [6, 6.07) is 3.79. The van der Waals surface area contributed by atoms with E-state index in [-0.39, 0.29) is 48.1 Å². The molecule has 1 unspecified atom stereocenters. The highest BCUT2D eigenvalue weighted by Crippen LogP contribution is 2.57. The van der Waals surface area contributed by atoms with Crippen molar-refractivity contribution in [1.29, 1.82) is 0 Å². The van der Waals surface area contributed by atoms with Crippen molar-refractivity contribution in [2.75, 3.05) is 29.9 Å². The standard InChI is InChI=1S/C23H24F6N6OS/c1-12-8-17(37-33-12)34-9-13-2-3-14(10-34)18(13)30-20-31-19-15(36-11-21(6-7-21)23(27,28)29)4-5-16(22(24,25)26)35(19)32-20/h4-5,8,13-14,18H,2-3,6-7,9-11H2,1H3,(H,30,32)/t13-,14?,18-/m0/s1. The lowest BCUT2D eigenvalue weighted by atomic mass is 9.92. The molecule has 3 aromatic rings. The minimum absolute atomic E-state index is 0.00231. The molecule has 14 heteroatoms. The molecule has 0 aromatic carbocycles. The molecule has 0 amide bonds. The first-order valence-corrected chi connectivity index (χ1v) is 12.8. The average Bonchev–Trinajstić information content (AvgIpc) is 3.24. The number of anilines is 2. The Morgan fingerprint density at radius 1 is 1.11 bits per heavy atom. The summed E-state index contributed by atoms with van der Waals surface area (Å²) < 4.78 is 91.5. The number of fused-ring (bicyclic) bond motifs is 3. The van der Waals surface area contributed by atoms with E-state index < -0.39 is 30.1 Å². The van der Waals surface area contributed by atoms with E-state index >= 15 is 0 Å². The predicted molar refractivity (Wildman–Crippen MR) is 124 cm³/mol. The van der Waals surface area contributed by atoms with Gasteiger partial charge in [0.15, 0.2) is 11.4 Å². The zero-order valence-corrected chi connectivity index (χ0v) is 20.6. The van der Waals surface area contributed by atoms with Gasteiger partial charge in [-0.3, -0.25) is 0 Å². The Kier molecular flexibility index (Phi) is 5.55. The molecule has 6 rings (SSSR count). The molecular formula is C23H24F6N6OS. The summed E-state index contributed by atoms with van der Waals surface area (Å²) in [6.07, 6.45) is -7.40. The number of pyridine rings is 1. The van der Waals surface area contributed by atoms with Crippen LogP contribution in [0.25, 0.3) is 5.65 Å². The van der Waals surface area contributed by atoms with Gasteiger partial charge >= 0.3 is 12.4 Å². The second kappa shape index (κ2) is 8.37. The Morgan fingerprint density at radius 2 is 1.81 bits per heavy atom. The fourth-order valence-corrected chi connectivity index (χ4v) is 6.27. The van der Waals surface area contributed by atoms with Crippen molar-refractivity contribution in [2.24, 2.45) is 17.3 Å². The van der Waals surface area contributed by atoms with E-state index in [1.807, 2.05) is 13.0 Å². The molecule has 3 atom stereocenters. The molecule has 3 aliphatic rings. The van der Waals surface area contributed by atoms with Gasteiger partial charge in [-0.05, 0) is 74.2 Å². The molecule has 37 heavy (non-hydrogen) atoms. The Morgan fingerprint density at radius 3 is 2.38 bits per heavy atom. The SMILES string of the molecule is Cc1cc(N2CC3CC[C@@H](C2)[C@@H]3Nc2nc3c(OCC4(C(F)(F)F)CC4)ccc(C(F)(F)F)n3n2)sn1. The van der Waals surface area contributed by atoms with Gasteiger partial charge in [-0.15, -0.1) is 5.10 Å². The lowest BCUT2D eigenvalue weighted by Gasteiger charge is -2.38. The maximum atomic E-state index is 13.7. The van der Waals surface area contributed by atoms with Crippen molar-refractivity contribution >= 4 is 28.1 Å². The van der Waals surface area contributed by atoms with Crippen LogP contribution < -0.4 is 15.0 Å². The van der Waals surface area contributed by atoms with Crippen LogP contribution in [0.3, 0.4) is 0 Å². The van der Waals surface area contributed by atoms with Crippen LogP contribution in [-0.4, -0.2) is 50.9 Å². The van der Waals surface area contributed by atoms with Crippen molar-refractivity contribution in [3.8, 4) is 5.75 Å². The maximum absolute atomic E-state index is 13.7. The molecule has 200 valence electrons. The molecule has 1 saturated heterocycles. The topological polar surface area (TPSA) is 67.6 Å². The molecule has 3 fully saturated rings. The van der Waals surface area contributed by atoms with E-state index in [1.54, 1.807) is 0 Å². The van der Waals surface area contributed by atoms with Crippen LogP contribution in [0.15, 0.2) is 18.2 Å². The number of aryl methyl sites for hydroxylation is 1. The Bertz CT molecular complexity index is 1300. The number of ether oxygens (including phenoxy) is 1. The van der Waals surface area contributed by atoms with E-state index in [2.05, 4.69) is 24.7 Å². The van der Waals surface area contributed by atoms with Gasteiger partial charge in [-0.25, -0.2) is 4.52 Å². The zero-order valence-electron chi connectivity index (χ0n) is 19.7. The smallest absolute Gasteiger partial charge is 0.433 e. The molecule has 2 aliphatic carbocycles. The van der Waals surface area contributed by atoms with E-state index in [0.29, 0.717) is 4.52 Å². The number of rotatable bonds is 6. The Balaban J connectivity index is 1.25. The minimum Gasteiger partial charge on any atom is -0.489 e. The summed E-state index contributed by atoms with van der Waals surface area (Å²) in [4.78, 5) is 6.55. The van der Waals surface area contributed by atoms with Crippen LogP contribution in [-0.2, 0) is 6.18 Å². The third kappa shape index (κ3) is 4.36. The van der Waals surface area contributed by atoms with Crippen molar-refractivity contribution < 1.29 is 31.1 Å². The Hall–Kier alpha value is -2.77. The average molecular weight is 547 g/mol. The minimum atomic E-state index is -4.73. The summed E-state index contributed by atoms with van der Waals surface area (Å²) in [5.41, 5.74) is -2.34. The monoisotopic (exact) mass is 546 g/mol. The Labute approximate surface area is 212 Å². The van der Waals surface area contributed by atoms with Gasteiger partial charge < -0.3 is 15.0 Å². The largest absolute Gasteiger partial charge is 0.489 e. The number of halogens is 6. The van der Waals surface area contributed by atoms with Crippen LogP contribution in [0.4, 0.5) is 37.3 Å². The van der Waals surface area contributed by atoms with Crippen molar-refractivity contribution in [1.82, 2.24) is 19.0 Å². The molecule has 0 spiro atoms. The summed E-state index contributed by atoms with van der Waals surface area (Å²) in [5, 5.41) is 8.41. The van der Waals surface area contributed by atoms with E-state index in [9.17, 15) is 26.3 Å². The highest BCUT2D eigenvalue weighted by atomic mass is 32.1. The normalized spacial score (nSPS) is 25.1. The van der Waals surface area contributed by atoms with Gasteiger partial charge in [-0.1, -0.05) is 0 Å². The molecule has 2 saturated carbocycles. The quantitative estimate of drug-likeness (QED) is 0.409. The summed E-state index contributed by atoms with van der Waals surface area (Å²) in [7, 11) is 0. The molecule has 1 aliphatic heterocycles. The van der Waals surface area contributed by atoms with E-state index in [0.717, 1.165) is 48.8 Å². The number of alkyl halides is 6. The molecular weight excluding hydrogens is 522 g/mol. The second-order valence-electron chi connectivity index (χ2n) is 10.3. The van der Waals surface area contributed by atoms with Crippen molar-refractivity contribution in [3.05, 3.63) is 29.6 Å². The van der Waals surface area contributed by atoms with Gasteiger partial charge in [0.05, 0.1) is 5.69 Å². The van der Waals surface area contributed by atoms with Crippen molar-refractivity contribution in [2.45, 2.75) is 51.0 Å². The van der Waals surface area contributed by atoms with Gasteiger partial charge in [-0.2, -0.15) is 35.7 Å². The summed E-state index contributed by atoms with van der Waals surface area (Å²) in [5.74, 6) is 0.323. The highest BCUT2D eigenvalue weighted by Gasteiger charge is 2.64. The number of hydrogen-bond acceptors (Lipinski definition) is 7. The van der Waals surface area contributed by atoms with Gasteiger partial charge in [0.1, 0.15) is 22.7 Å². The number of nitrogens with one attached hydrogen (secondary N) is 1. The fourth-order valence-electron chi connectivity index (χ4n) is 5.49. The van der Waals surface area contributed by atoms with Gasteiger partial charge in [0.25, 0.3) is 0 Å². The van der Waals surface area contributed by atoms with E-state index in [1.165, 1.54) is 11.5 Å². The molecule has 2 bridgehead atoms. The lowest BCUT2D eigenvalue weighted by Crippen LogP contribution is -2.48.